The van der Waals surface area contributed by atoms with Crippen molar-refractivity contribution in [3.63, 3.8) is 0 Å². The lowest BCUT2D eigenvalue weighted by molar-refractivity contribution is 0.0526. The summed E-state index contributed by atoms with van der Waals surface area (Å²) in [7, 11) is -4.31. The molecule has 0 unspecified atom stereocenters. The van der Waals surface area contributed by atoms with E-state index < -0.39 is 13.6 Å². The monoisotopic (exact) mass is 230 g/mol. The zero-order valence-corrected chi connectivity index (χ0v) is 8.98. The summed E-state index contributed by atoms with van der Waals surface area (Å²) in [5.74, 6) is -0.590. The van der Waals surface area contributed by atoms with Gasteiger partial charge in [-0.15, -0.1) is 0 Å². The maximum atomic E-state index is 11.2. The molecule has 6 heteroatoms. The molecular weight excluding hydrogens is 219 g/mol. The molecule has 5 nitrogen and oxygen atoms in total. The van der Waals surface area contributed by atoms with E-state index in [1.54, 1.807) is 6.92 Å². The molecule has 0 bridgehead atoms. The molecule has 15 heavy (non-hydrogen) atoms. The molecule has 0 radical (unpaired) electrons. The first kappa shape index (κ1) is 11.9. The number of carbonyl (C=O) groups excluding carboxylic acids is 1. The van der Waals surface area contributed by atoms with Crippen molar-refractivity contribution in [1.29, 1.82) is 0 Å². The molecule has 0 spiro atoms. The first-order valence-corrected chi connectivity index (χ1v) is 5.89. The molecule has 0 atom stereocenters. The number of ether oxygens (including phenoxy) is 1. The van der Waals surface area contributed by atoms with Crippen LogP contribution in [-0.4, -0.2) is 22.4 Å². The van der Waals surface area contributed by atoms with Crippen LogP contribution in [0.2, 0.25) is 0 Å². The van der Waals surface area contributed by atoms with Crippen LogP contribution in [0.4, 0.5) is 0 Å². The van der Waals surface area contributed by atoms with E-state index in [2.05, 4.69) is 0 Å². The second kappa shape index (κ2) is 4.57. The Labute approximate surface area is 86.9 Å². The Morgan fingerprint density at radius 3 is 2.67 bits per heavy atom. The van der Waals surface area contributed by atoms with Crippen molar-refractivity contribution in [3.05, 3.63) is 29.8 Å². The number of hydrogen-bond acceptors (Lipinski definition) is 3. The van der Waals surface area contributed by atoms with E-state index in [-0.39, 0.29) is 17.5 Å². The summed E-state index contributed by atoms with van der Waals surface area (Å²) in [6.07, 6.45) is 0. The highest BCUT2D eigenvalue weighted by Gasteiger charge is 2.18. The topological polar surface area (TPSA) is 83.8 Å². The van der Waals surface area contributed by atoms with Gasteiger partial charge in [0.15, 0.2) is 0 Å². The van der Waals surface area contributed by atoms with E-state index in [1.807, 2.05) is 0 Å². The second-order valence-electron chi connectivity index (χ2n) is 2.81. The summed E-state index contributed by atoms with van der Waals surface area (Å²) in [4.78, 5) is 29.0. The molecule has 1 rings (SSSR count). The third kappa shape index (κ3) is 3.16. The summed E-state index contributed by atoms with van der Waals surface area (Å²) in [6.45, 7) is 1.88. The molecule has 82 valence electrons. The quantitative estimate of drug-likeness (QED) is 0.588. The van der Waals surface area contributed by atoms with Gasteiger partial charge < -0.3 is 14.5 Å². The molecule has 0 heterocycles. The predicted octanol–water partition coefficient (Wildman–Crippen LogP) is 0.666. The van der Waals surface area contributed by atoms with Crippen LogP contribution < -0.4 is 5.30 Å². The Kier molecular flexibility index (Phi) is 3.63. The molecule has 0 fully saturated rings. The van der Waals surface area contributed by atoms with Gasteiger partial charge in [0.25, 0.3) is 0 Å². The van der Waals surface area contributed by atoms with Gasteiger partial charge in [0, 0.05) is 0 Å². The van der Waals surface area contributed by atoms with Crippen LogP contribution in [-0.2, 0) is 9.30 Å². The van der Waals surface area contributed by atoms with Crippen LogP contribution in [0.1, 0.15) is 17.3 Å². The highest BCUT2D eigenvalue weighted by atomic mass is 31.2. The average molecular weight is 230 g/mol. The molecule has 0 aliphatic heterocycles. The predicted molar refractivity (Wildman–Crippen MR) is 54.1 cm³/mol. The molecule has 1 aromatic carbocycles. The van der Waals surface area contributed by atoms with Gasteiger partial charge >= 0.3 is 13.6 Å². The van der Waals surface area contributed by atoms with E-state index in [0.717, 1.165) is 6.07 Å². The van der Waals surface area contributed by atoms with E-state index in [9.17, 15) is 9.36 Å². The van der Waals surface area contributed by atoms with Gasteiger partial charge in [-0.3, -0.25) is 4.57 Å². The number of benzene rings is 1. The molecule has 0 aliphatic rings. The van der Waals surface area contributed by atoms with Crippen molar-refractivity contribution < 1.29 is 23.9 Å². The van der Waals surface area contributed by atoms with Gasteiger partial charge in [0.1, 0.15) is 0 Å². The largest absolute Gasteiger partial charge is 0.462 e. The van der Waals surface area contributed by atoms with Gasteiger partial charge in [-0.05, 0) is 25.1 Å². The van der Waals surface area contributed by atoms with E-state index in [0.29, 0.717) is 0 Å². The minimum Gasteiger partial charge on any atom is -0.462 e. The third-order valence-electron chi connectivity index (χ3n) is 1.69. The summed E-state index contributed by atoms with van der Waals surface area (Å²) in [5.41, 5.74) is 0.137. The van der Waals surface area contributed by atoms with E-state index in [4.69, 9.17) is 14.5 Å². The van der Waals surface area contributed by atoms with Crippen molar-refractivity contribution in [2.75, 3.05) is 6.61 Å². The van der Waals surface area contributed by atoms with Gasteiger partial charge in [0.05, 0.1) is 17.5 Å². The van der Waals surface area contributed by atoms with Crippen molar-refractivity contribution in [3.8, 4) is 0 Å². The summed E-state index contributed by atoms with van der Waals surface area (Å²) in [5, 5.41) is -0.187. The Balaban J connectivity index is 3.03. The maximum Gasteiger partial charge on any atom is 0.356 e. The van der Waals surface area contributed by atoms with Gasteiger partial charge in [0.2, 0.25) is 0 Å². The number of hydrogen-bond donors (Lipinski definition) is 2. The van der Waals surface area contributed by atoms with Gasteiger partial charge in [-0.1, -0.05) is 6.07 Å². The van der Waals surface area contributed by atoms with E-state index in [1.165, 1.54) is 18.2 Å². The molecular formula is C9H11O5P. The number of esters is 1. The smallest absolute Gasteiger partial charge is 0.356 e. The van der Waals surface area contributed by atoms with Crippen LogP contribution in [0.15, 0.2) is 24.3 Å². The van der Waals surface area contributed by atoms with Crippen LogP contribution in [0.5, 0.6) is 0 Å². The van der Waals surface area contributed by atoms with Crippen molar-refractivity contribution in [2.24, 2.45) is 0 Å². The maximum absolute atomic E-state index is 11.2. The fourth-order valence-electron chi connectivity index (χ4n) is 1.03. The Morgan fingerprint density at radius 1 is 1.47 bits per heavy atom. The van der Waals surface area contributed by atoms with Crippen LogP contribution >= 0.6 is 7.60 Å². The highest BCUT2D eigenvalue weighted by molar-refractivity contribution is 7.60. The molecule has 1 aromatic rings. The van der Waals surface area contributed by atoms with Gasteiger partial charge in [-0.2, -0.15) is 0 Å². The standard InChI is InChI=1S/C9H11O5P/c1-2-14-9(10)7-4-3-5-8(6-7)15(11,12)13/h3-6H,2H2,1H3,(H2,11,12,13). The molecule has 2 N–H and O–H groups in total. The summed E-state index contributed by atoms with van der Waals surface area (Å²) >= 11 is 0. The zero-order valence-electron chi connectivity index (χ0n) is 8.08. The average Bonchev–Trinajstić information content (AvgIpc) is 2.17. The minimum absolute atomic E-state index is 0.137. The van der Waals surface area contributed by atoms with Crippen molar-refractivity contribution in [1.82, 2.24) is 0 Å². The highest BCUT2D eigenvalue weighted by Crippen LogP contribution is 2.33. The summed E-state index contributed by atoms with van der Waals surface area (Å²) in [6, 6.07) is 5.25. The Morgan fingerprint density at radius 2 is 2.13 bits per heavy atom. The molecule has 0 aliphatic carbocycles. The SMILES string of the molecule is CCOC(=O)c1cccc(P(=O)(O)O)c1. The van der Waals surface area contributed by atoms with Crippen molar-refractivity contribution >= 4 is 18.9 Å². The molecule has 0 saturated heterocycles. The van der Waals surface area contributed by atoms with Crippen LogP contribution in [0.25, 0.3) is 0 Å². The normalized spacial score (nSPS) is 11.1. The fraction of sp³-hybridized carbons (Fsp3) is 0.222. The van der Waals surface area contributed by atoms with Crippen LogP contribution in [0.3, 0.4) is 0 Å². The first-order chi connectivity index (χ1) is 6.95. The van der Waals surface area contributed by atoms with Crippen LogP contribution in [0, 0.1) is 0 Å². The summed E-state index contributed by atoms with van der Waals surface area (Å²) < 4.78 is 15.6. The Bertz CT molecular complexity index is 409. The number of carbonyl (C=O) groups is 1. The zero-order chi connectivity index (χ0) is 11.5. The third-order valence-corrected chi connectivity index (χ3v) is 2.64. The van der Waals surface area contributed by atoms with Gasteiger partial charge in [-0.25, -0.2) is 4.79 Å². The molecule has 0 amide bonds. The second-order valence-corrected chi connectivity index (χ2v) is 4.42. The lowest BCUT2D eigenvalue weighted by Crippen LogP contribution is -2.10. The molecule has 0 aromatic heterocycles. The number of rotatable bonds is 3. The lowest BCUT2D eigenvalue weighted by Gasteiger charge is -2.06. The minimum atomic E-state index is -4.31. The Hall–Kier alpha value is -1.16. The van der Waals surface area contributed by atoms with E-state index >= 15 is 0 Å². The first-order valence-electron chi connectivity index (χ1n) is 4.28. The lowest BCUT2D eigenvalue weighted by atomic mass is 10.2. The molecule has 0 saturated carbocycles. The fourth-order valence-corrected chi connectivity index (χ4v) is 1.62. The van der Waals surface area contributed by atoms with Crippen molar-refractivity contribution in [2.45, 2.75) is 6.92 Å².